The lowest BCUT2D eigenvalue weighted by molar-refractivity contribution is 0.0675. The monoisotopic (exact) mass is 410 g/mol. The molecule has 3 heterocycles. The second-order valence-electron chi connectivity index (χ2n) is 7.39. The third-order valence-corrected chi connectivity index (χ3v) is 5.63. The van der Waals surface area contributed by atoms with Gasteiger partial charge in [-0.05, 0) is 37.1 Å². The van der Waals surface area contributed by atoms with Crippen LogP contribution in [0.15, 0.2) is 47.4 Å². The summed E-state index contributed by atoms with van der Waals surface area (Å²) in [6, 6.07) is 10.8. The number of hydrogen-bond donors (Lipinski definition) is 0. The molecule has 8 nitrogen and oxygen atoms in total. The minimum atomic E-state index is -0.133. The number of carbonyl (C=O) groups is 1. The van der Waals surface area contributed by atoms with Gasteiger partial charge in [-0.3, -0.25) is 13.9 Å². The Hall–Kier alpha value is -3.13. The molecule has 8 heteroatoms. The highest BCUT2D eigenvalue weighted by molar-refractivity contribution is 5.97. The first-order valence-electron chi connectivity index (χ1n) is 10.1. The summed E-state index contributed by atoms with van der Waals surface area (Å²) in [5.74, 6) is 0.473. The van der Waals surface area contributed by atoms with Gasteiger partial charge in [0.1, 0.15) is 5.75 Å². The summed E-state index contributed by atoms with van der Waals surface area (Å²) in [5, 5.41) is 0. The molecule has 4 rings (SSSR count). The van der Waals surface area contributed by atoms with Crippen molar-refractivity contribution in [3.8, 4) is 5.75 Å². The molecule has 1 saturated heterocycles. The van der Waals surface area contributed by atoms with Crippen molar-refractivity contribution in [1.82, 2.24) is 19.0 Å². The van der Waals surface area contributed by atoms with Crippen LogP contribution in [0.3, 0.4) is 0 Å². The third-order valence-electron chi connectivity index (χ3n) is 5.63. The number of methoxy groups -OCH3 is 2. The van der Waals surface area contributed by atoms with Gasteiger partial charge < -0.3 is 14.4 Å². The molecular formula is C22H26N4O4. The van der Waals surface area contributed by atoms with Crippen LogP contribution in [0, 0.1) is 0 Å². The first-order valence-corrected chi connectivity index (χ1v) is 10.1. The topological polar surface area (TPSA) is 78.6 Å². The number of likely N-dealkylation sites (tertiary alicyclic amines) is 1. The summed E-state index contributed by atoms with van der Waals surface area (Å²) >= 11 is 0. The number of ether oxygens (including phenoxy) is 2. The molecular weight excluding hydrogens is 384 g/mol. The Morgan fingerprint density at radius 1 is 1.20 bits per heavy atom. The van der Waals surface area contributed by atoms with Gasteiger partial charge in [0.05, 0.1) is 37.4 Å². The Bertz CT molecular complexity index is 1100. The lowest BCUT2D eigenvalue weighted by Gasteiger charge is -2.33. The van der Waals surface area contributed by atoms with E-state index in [-0.39, 0.29) is 17.6 Å². The van der Waals surface area contributed by atoms with E-state index in [1.54, 1.807) is 46.6 Å². The van der Waals surface area contributed by atoms with Crippen LogP contribution in [0.1, 0.15) is 29.2 Å². The summed E-state index contributed by atoms with van der Waals surface area (Å²) in [5.41, 5.74) is 1.86. The lowest BCUT2D eigenvalue weighted by atomic mass is 10.0. The van der Waals surface area contributed by atoms with Crippen molar-refractivity contribution in [2.24, 2.45) is 0 Å². The van der Waals surface area contributed by atoms with Gasteiger partial charge in [0.2, 0.25) is 0 Å². The minimum absolute atomic E-state index is 0.0821. The summed E-state index contributed by atoms with van der Waals surface area (Å²) in [6.07, 6.45) is 3.32. The van der Waals surface area contributed by atoms with Crippen molar-refractivity contribution in [2.45, 2.75) is 25.4 Å². The average Bonchev–Trinajstić information content (AvgIpc) is 3.08. The number of fused-ring (bicyclic) bond motifs is 1. The molecule has 2 aromatic heterocycles. The number of piperidine rings is 1. The van der Waals surface area contributed by atoms with Crippen LogP contribution in [0.2, 0.25) is 0 Å². The highest BCUT2D eigenvalue weighted by Gasteiger charge is 2.30. The molecule has 3 aromatic rings. The smallest absolute Gasteiger partial charge is 0.330 e. The molecule has 0 aliphatic carbocycles. The quantitative estimate of drug-likeness (QED) is 0.623. The molecule has 0 radical (unpaired) electrons. The fourth-order valence-corrected chi connectivity index (χ4v) is 4.18. The van der Waals surface area contributed by atoms with Crippen LogP contribution in [-0.2, 0) is 11.3 Å². The zero-order valence-corrected chi connectivity index (χ0v) is 17.3. The predicted molar refractivity (Wildman–Crippen MR) is 113 cm³/mol. The van der Waals surface area contributed by atoms with E-state index in [1.165, 1.54) is 0 Å². The summed E-state index contributed by atoms with van der Waals surface area (Å²) in [4.78, 5) is 32.7. The average molecular weight is 410 g/mol. The number of rotatable bonds is 6. The van der Waals surface area contributed by atoms with Crippen LogP contribution < -0.4 is 10.4 Å². The Balaban J connectivity index is 1.67. The van der Waals surface area contributed by atoms with Crippen LogP contribution in [0.4, 0.5) is 0 Å². The molecule has 1 aliphatic rings. The number of hydrogen-bond acceptors (Lipinski definition) is 5. The molecule has 0 spiro atoms. The van der Waals surface area contributed by atoms with Crippen molar-refractivity contribution >= 4 is 17.1 Å². The van der Waals surface area contributed by atoms with Crippen LogP contribution in [-0.4, -0.2) is 58.8 Å². The molecule has 0 unspecified atom stereocenters. The van der Waals surface area contributed by atoms with Crippen molar-refractivity contribution in [2.75, 3.05) is 33.9 Å². The number of benzene rings is 1. The van der Waals surface area contributed by atoms with Gasteiger partial charge in [0.25, 0.3) is 5.91 Å². The zero-order chi connectivity index (χ0) is 21.1. The first-order chi connectivity index (χ1) is 14.7. The molecule has 158 valence electrons. The fourth-order valence-electron chi connectivity index (χ4n) is 4.18. The second-order valence-corrected chi connectivity index (χ2v) is 7.39. The van der Waals surface area contributed by atoms with Crippen molar-refractivity contribution in [3.05, 3.63) is 58.6 Å². The lowest BCUT2D eigenvalue weighted by Crippen LogP contribution is -2.43. The van der Waals surface area contributed by atoms with E-state index < -0.39 is 0 Å². The molecule has 1 fully saturated rings. The summed E-state index contributed by atoms with van der Waals surface area (Å²) in [6.45, 7) is 2.01. The maximum absolute atomic E-state index is 13.2. The molecule has 1 amide bonds. The van der Waals surface area contributed by atoms with Gasteiger partial charge >= 0.3 is 5.69 Å². The van der Waals surface area contributed by atoms with E-state index in [1.807, 2.05) is 24.3 Å². The molecule has 0 saturated carbocycles. The van der Waals surface area contributed by atoms with E-state index in [4.69, 9.17) is 9.47 Å². The van der Waals surface area contributed by atoms with Gasteiger partial charge in [-0.25, -0.2) is 9.78 Å². The van der Waals surface area contributed by atoms with Crippen molar-refractivity contribution in [3.63, 3.8) is 0 Å². The third kappa shape index (κ3) is 3.59. The maximum atomic E-state index is 13.2. The number of para-hydroxylation sites is 1. The van der Waals surface area contributed by atoms with Crippen molar-refractivity contribution < 1.29 is 14.3 Å². The van der Waals surface area contributed by atoms with Gasteiger partial charge in [-0.15, -0.1) is 0 Å². The van der Waals surface area contributed by atoms with Gasteiger partial charge in [0.15, 0.2) is 5.65 Å². The Morgan fingerprint density at radius 2 is 2.03 bits per heavy atom. The Kier molecular flexibility index (Phi) is 5.85. The van der Waals surface area contributed by atoms with Crippen LogP contribution >= 0.6 is 0 Å². The van der Waals surface area contributed by atoms with E-state index in [0.29, 0.717) is 43.2 Å². The standard InChI is InChI=1S/C22H26N4O4/c1-29-14-13-25-18-9-5-11-23-20(18)26(22(25)28)16-7-6-12-24(15-16)21(27)17-8-3-4-10-19(17)30-2/h3-5,8-11,16H,6-7,12-15H2,1-2H3/t16-/m0/s1. The second kappa shape index (κ2) is 8.71. The number of pyridine rings is 1. The Labute approximate surface area is 174 Å². The highest BCUT2D eigenvalue weighted by Crippen LogP contribution is 2.27. The highest BCUT2D eigenvalue weighted by atomic mass is 16.5. The van der Waals surface area contributed by atoms with Gasteiger partial charge in [-0.1, -0.05) is 12.1 Å². The van der Waals surface area contributed by atoms with E-state index in [0.717, 1.165) is 18.4 Å². The SMILES string of the molecule is COCCn1c(=O)n([C@H]2CCCN(C(=O)c3ccccc3OC)C2)c2ncccc21. The molecule has 1 aliphatic heterocycles. The number of amides is 1. The fraction of sp³-hybridized carbons (Fsp3) is 0.409. The first kappa shape index (κ1) is 20.2. The maximum Gasteiger partial charge on any atom is 0.330 e. The number of imidazole rings is 1. The Morgan fingerprint density at radius 3 is 2.83 bits per heavy atom. The normalized spacial score (nSPS) is 16.7. The molecule has 0 bridgehead atoms. The number of aromatic nitrogens is 3. The zero-order valence-electron chi connectivity index (χ0n) is 17.3. The molecule has 0 N–H and O–H groups in total. The minimum Gasteiger partial charge on any atom is -0.496 e. The largest absolute Gasteiger partial charge is 0.496 e. The van der Waals surface area contributed by atoms with Crippen molar-refractivity contribution in [1.29, 1.82) is 0 Å². The number of carbonyl (C=O) groups excluding carboxylic acids is 1. The van der Waals surface area contributed by atoms with Gasteiger partial charge in [0, 0.05) is 26.4 Å². The predicted octanol–water partition coefficient (Wildman–Crippen LogP) is 2.33. The van der Waals surface area contributed by atoms with E-state index in [9.17, 15) is 9.59 Å². The van der Waals surface area contributed by atoms with Gasteiger partial charge in [-0.2, -0.15) is 0 Å². The molecule has 1 aromatic carbocycles. The van der Waals surface area contributed by atoms with Crippen LogP contribution in [0.5, 0.6) is 5.75 Å². The summed E-state index contributed by atoms with van der Waals surface area (Å²) < 4.78 is 14.0. The van der Waals surface area contributed by atoms with E-state index >= 15 is 0 Å². The van der Waals surface area contributed by atoms with Crippen LogP contribution in [0.25, 0.3) is 11.2 Å². The molecule has 1 atom stereocenters. The van der Waals surface area contributed by atoms with E-state index in [2.05, 4.69) is 4.98 Å². The molecule has 30 heavy (non-hydrogen) atoms. The number of nitrogens with zero attached hydrogens (tertiary/aromatic N) is 4. The summed E-state index contributed by atoms with van der Waals surface area (Å²) in [7, 11) is 3.18.